The third-order valence-corrected chi connectivity index (χ3v) is 5.39. The average molecular weight is 275 g/mol. The fraction of sp³-hybridized carbons (Fsp3) is 0.625. The lowest BCUT2D eigenvalue weighted by Gasteiger charge is -2.40. The predicted octanol–water partition coefficient (Wildman–Crippen LogP) is 1.77. The molecule has 2 N–H and O–H groups in total. The molecule has 1 aliphatic carbocycles. The Balaban J connectivity index is 1.91. The number of aliphatic hydroxyl groups excluding tert-OH is 1. The monoisotopic (exact) mass is 275 g/mol. The molecule has 1 spiro atoms. The number of aromatic hydroxyl groups is 1. The number of phenolic OH excluding ortho intramolecular Hbond substituents is 1. The third-order valence-electron chi connectivity index (χ3n) is 5.39. The number of hydrogen-bond donors (Lipinski definition) is 2. The number of phenols is 1. The number of aliphatic hydroxyl groups is 1. The quantitative estimate of drug-likeness (QED) is 0.757. The maximum absolute atomic E-state index is 10.2. The van der Waals surface area contributed by atoms with Gasteiger partial charge in [-0.2, -0.15) is 0 Å². The highest BCUT2D eigenvalue weighted by atomic mass is 16.5. The van der Waals surface area contributed by atoms with Crippen molar-refractivity contribution >= 4 is 0 Å². The van der Waals surface area contributed by atoms with Gasteiger partial charge in [-0.15, -0.1) is 0 Å². The van der Waals surface area contributed by atoms with Gasteiger partial charge in [0.15, 0.2) is 11.5 Å². The molecule has 0 bridgehead atoms. The Morgan fingerprint density at radius 1 is 1.35 bits per heavy atom. The molecule has 4 nitrogen and oxygen atoms in total. The number of benzene rings is 1. The van der Waals surface area contributed by atoms with Crippen molar-refractivity contribution < 1.29 is 14.9 Å². The van der Waals surface area contributed by atoms with Gasteiger partial charge in [0.05, 0.1) is 6.10 Å². The van der Waals surface area contributed by atoms with E-state index < -0.39 is 0 Å². The second-order valence-electron chi connectivity index (χ2n) is 6.63. The van der Waals surface area contributed by atoms with E-state index in [0.29, 0.717) is 12.2 Å². The molecule has 3 atom stereocenters. The van der Waals surface area contributed by atoms with Gasteiger partial charge >= 0.3 is 0 Å². The van der Waals surface area contributed by atoms with Crippen molar-refractivity contribution in [1.82, 2.24) is 4.90 Å². The highest BCUT2D eigenvalue weighted by molar-refractivity contribution is 5.58. The minimum atomic E-state index is -0.272. The molecule has 2 heterocycles. The summed E-state index contributed by atoms with van der Waals surface area (Å²) in [6, 6.07) is 3.78. The van der Waals surface area contributed by atoms with Crippen molar-refractivity contribution in [3.63, 3.8) is 0 Å². The van der Waals surface area contributed by atoms with Crippen LogP contribution in [0.4, 0.5) is 0 Å². The molecule has 0 unspecified atom stereocenters. The lowest BCUT2D eigenvalue weighted by Crippen LogP contribution is -2.45. The van der Waals surface area contributed by atoms with Crippen molar-refractivity contribution in [2.45, 2.75) is 49.9 Å². The highest BCUT2D eigenvalue weighted by Crippen LogP contribution is 2.57. The van der Waals surface area contributed by atoms with Crippen LogP contribution in [-0.2, 0) is 12.0 Å². The lowest BCUT2D eigenvalue weighted by atomic mass is 9.65. The molecule has 0 saturated heterocycles. The minimum Gasteiger partial charge on any atom is -0.504 e. The molecular formula is C16H21NO3. The Bertz CT molecular complexity index is 559. The fourth-order valence-electron chi connectivity index (χ4n) is 4.35. The molecule has 0 aromatic heterocycles. The molecule has 1 fully saturated rings. The van der Waals surface area contributed by atoms with Crippen molar-refractivity contribution in [3.8, 4) is 11.5 Å². The standard InChI is InChI=1S/C16H21NO3/c1-17-7-6-16-5-4-11(18)8-13(16)20-15-12(19)3-2-10(9-17)14(15)16/h2-3,11,13,18-19H,4-9H2,1H3/t11-,13-,16+/m0/s1. The molecule has 3 aliphatic rings. The van der Waals surface area contributed by atoms with Crippen LogP contribution >= 0.6 is 0 Å². The van der Waals surface area contributed by atoms with Crippen LogP contribution in [0.5, 0.6) is 11.5 Å². The first-order chi connectivity index (χ1) is 9.60. The maximum Gasteiger partial charge on any atom is 0.165 e. The van der Waals surface area contributed by atoms with Gasteiger partial charge < -0.3 is 19.8 Å². The SMILES string of the molecule is CN1CC[C@]23CC[C@H](O)C[C@@H]2Oc2c(O)ccc(c23)C1. The molecule has 1 saturated carbocycles. The number of nitrogens with zero attached hydrogens (tertiary/aromatic N) is 1. The number of ether oxygens (including phenoxy) is 1. The van der Waals surface area contributed by atoms with E-state index >= 15 is 0 Å². The second kappa shape index (κ2) is 4.12. The largest absolute Gasteiger partial charge is 0.504 e. The van der Waals surface area contributed by atoms with E-state index in [1.54, 1.807) is 6.07 Å². The molecular weight excluding hydrogens is 254 g/mol. The number of hydrogen-bond acceptors (Lipinski definition) is 4. The van der Waals surface area contributed by atoms with Crippen molar-refractivity contribution in [1.29, 1.82) is 0 Å². The van der Waals surface area contributed by atoms with E-state index in [1.165, 1.54) is 11.1 Å². The molecule has 1 aromatic carbocycles. The smallest absolute Gasteiger partial charge is 0.165 e. The molecule has 4 heteroatoms. The van der Waals surface area contributed by atoms with Crippen molar-refractivity contribution in [2.75, 3.05) is 13.6 Å². The van der Waals surface area contributed by atoms with Crippen molar-refractivity contribution in [3.05, 3.63) is 23.3 Å². The van der Waals surface area contributed by atoms with Gasteiger partial charge in [0.2, 0.25) is 0 Å². The molecule has 2 aliphatic heterocycles. The van der Waals surface area contributed by atoms with Crippen LogP contribution in [0, 0.1) is 0 Å². The van der Waals surface area contributed by atoms with Crippen molar-refractivity contribution in [2.24, 2.45) is 0 Å². The van der Waals surface area contributed by atoms with E-state index in [4.69, 9.17) is 4.74 Å². The summed E-state index contributed by atoms with van der Waals surface area (Å²) < 4.78 is 6.09. The summed E-state index contributed by atoms with van der Waals surface area (Å²) in [7, 11) is 2.14. The van der Waals surface area contributed by atoms with Crippen LogP contribution in [0.1, 0.15) is 36.8 Å². The Hall–Kier alpha value is -1.26. The molecule has 108 valence electrons. The minimum absolute atomic E-state index is 0.00655. The summed E-state index contributed by atoms with van der Waals surface area (Å²) >= 11 is 0. The number of rotatable bonds is 0. The summed E-state index contributed by atoms with van der Waals surface area (Å²) in [5.74, 6) is 0.925. The Kier molecular flexibility index (Phi) is 2.57. The Morgan fingerprint density at radius 3 is 3.05 bits per heavy atom. The van der Waals surface area contributed by atoms with E-state index in [-0.39, 0.29) is 23.4 Å². The summed E-state index contributed by atoms with van der Waals surface area (Å²) in [5, 5.41) is 20.1. The summed E-state index contributed by atoms with van der Waals surface area (Å²) in [6.07, 6.45) is 3.25. The maximum atomic E-state index is 10.2. The van der Waals surface area contributed by atoms with E-state index in [2.05, 4.69) is 11.9 Å². The zero-order chi connectivity index (χ0) is 13.9. The normalized spacial score (nSPS) is 35.9. The molecule has 1 aromatic rings. The molecule has 0 amide bonds. The Morgan fingerprint density at radius 2 is 2.20 bits per heavy atom. The average Bonchev–Trinajstić information content (AvgIpc) is 2.68. The summed E-state index contributed by atoms with van der Waals surface area (Å²) in [4.78, 5) is 2.34. The van der Waals surface area contributed by atoms with Gasteiger partial charge in [0.1, 0.15) is 6.10 Å². The van der Waals surface area contributed by atoms with Gasteiger partial charge in [-0.05, 0) is 44.5 Å². The highest BCUT2D eigenvalue weighted by Gasteiger charge is 2.54. The summed E-state index contributed by atoms with van der Waals surface area (Å²) in [5.41, 5.74) is 2.49. The van der Waals surface area contributed by atoms with Gasteiger partial charge in [-0.1, -0.05) is 6.07 Å². The predicted molar refractivity (Wildman–Crippen MR) is 75.0 cm³/mol. The molecule has 4 rings (SSSR count). The van der Waals surface area contributed by atoms with E-state index in [0.717, 1.165) is 32.4 Å². The van der Waals surface area contributed by atoms with Gasteiger partial charge in [0.25, 0.3) is 0 Å². The first-order valence-corrected chi connectivity index (χ1v) is 7.49. The topological polar surface area (TPSA) is 52.9 Å². The molecule has 0 radical (unpaired) electrons. The van der Waals surface area contributed by atoms with Gasteiger partial charge in [-0.3, -0.25) is 0 Å². The third kappa shape index (κ3) is 1.55. The first kappa shape index (κ1) is 12.5. The van der Waals surface area contributed by atoms with Gasteiger partial charge in [-0.25, -0.2) is 0 Å². The van der Waals surface area contributed by atoms with Gasteiger partial charge in [0, 0.05) is 23.9 Å². The summed E-state index contributed by atoms with van der Waals surface area (Å²) in [6.45, 7) is 1.94. The Labute approximate surface area is 119 Å². The van der Waals surface area contributed by atoms with Crippen LogP contribution in [0.2, 0.25) is 0 Å². The van der Waals surface area contributed by atoms with Crippen LogP contribution in [0.15, 0.2) is 12.1 Å². The van der Waals surface area contributed by atoms with Crippen LogP contribution < -0.4 is 4.74 Å². The van der Waals surface area contributed by atoms with Crippen LogP contribution in [0.3, 0.4) is 0 Å². The fourth-order valence-corrected chi connectivity index (χ4v) is 4.35. The van der Waals surface area contributed by atoms with Crippen LogP contribution in [0.25, 0.3) is 0 Å². The van der Waals surface area contributed by atoms with E-state index in [1.807, 2.05) is 6.07 Å². The lowest BCUT2D eigenvalue weighted by molar-refractivity contribution is 0.0120. The zero-order valence-electron chi connectivity index (χ0n) is 11.8. The van der Waals surface area contributed by atoms with Crippen LogP contribution in [-0.4, -0.2) is 40.9 Å². The van der Waals surface area contributed by atoms with E-state index in [9.17, 15) is 10.2 Å². The first-order valence-electron chi connectivity index (χ1n) is 7.49. The second-order valence-corrected chi connectivity index (χ2v) is 6.63. The zero-order valence-corrected chi connectivity index (χ0v) is 11.8. The molecule has 20 heavy (non-hydrogen) atoms.